The first kappa shape index (κ1) is 16.5. The smallest absolute Gasteiger partial charge is 0.119 e. The Bertz CT molecular complexity index is 553. The van der Waals surface area contributed by atoms with Crippen molar-refractivity contribution in [2.24, 2.45) is 0 Å². The van der Waals surface area contributed by atoms with E-state index < -0.39 is 0 Å². The number of benzene rings is 1. The number of nitrogens with zero attached hydrogens (tertiary/aromatic N) is 1. The maximum Gasteiger partial charge on any atom is 0.119 e. The van der Waals surface area contributed by atoms with Crippen LogP contribution in [0.25, 0.3) is 0 Å². The van der Waals surface area contributed by atoms with Crippen LogP contribution in [0.1, 0.15) is 31.4 Å². The molecule has 0 fully saturated rings. The number of hydrogen-bond acceptors (Lipinski definition) is 4. The van der Waals surface area contributed by atoms with Gasteiger partial charge in [-0.2, -0.15) is 0 Å². The fourth-order valence-electron chi connectivity index (χ4n) is 2.06. The molecule has 0 aliphatic carbocycles. The SMILES string of the molecule is CC(C)(CCO)NCc1ccc(OCc2ccncc2)cc1. The molecule has 4 heteroatoms. The lowest BCUT2D eigenvalue weighted by molar-refractivity contribution is 0.230. The van der Waals surface area contributed by atoms with Crippen molar-refractivity contribution >= 4 is 0 Å². The highest BCUT2D eigenvalue weighted by molar-refractivity contribution is 5.27. The second-order valence-electron chi connectivity index (χ2n) is 6.00. The van der Waals surface area contributed by atoms with Gasteiger partial charge < -0.3 is 15.2 Å². The van der Waals surface area contributed by atoms with Gasteiger partial charge in [0, 0.05) is 31.1 Å². The van der Waals surface area contributed by atoms with E-state index in [4.69, 9.17) is 9.84 Å². The molecule has 4 nitrogen and oxygen atoms in total. The summed E-state index contributed by atoms with van der Waals surface area (Å²) >= 11 is 0. The maximum atomic E-state index is 9.03. The van der Waals surface area contributed by atoms with Crippen LogP contribution in [0.15, 0.2) is 48.8 Å². The van der Waals surface area contributed by atoms with Crippen molar-refractivity contribution in [3.8, 4) is 5.75 Å². The van der Waals surface area contributed by atoms with Gasteiger partial charge >= 0.3 is 0 Å². The molecule has 0 bridgehead atoms. The molecule has 0 atom stereocenters. The van der Waals surface area contributed by atoms with Crippen LogP contribution >= 0.6 is 0 Å². The largest absolute Gasteiger partial charge is 0.489 e. The molecule has 0 amide bonds. The Morgan fingerprint density at radius 2 is 1.73 bits per heavy atom. The number of pyridine rings is 1. The van der Waals surface area contributed by atoms with Crippen LogP contribution in [-0.4, -0.2) is 22.2 Å². The van der Waals surface area contributed by atoms with E-state index in [2.05, 4.69) is 36.3 Å². The Kier molecular flexibility index (Phi) is 5.92. The Morgan fingerprint density at radius 1 is 1.05 bits per heavy atom. The van der Waals surface area contributed by atoms with Gasteiger partial charge in [-0.1, -0.05) is 12.1 Å². The van der Waals surface area contributed by atoms with Gasteiger partial charge in [0.2, 0.25) is 0 Å². The molecule has 0 unspecified atom stereocenters. The molecule has 0 aliphatic heterocycles. The molecule has 22 heavy (non-hydrogen) atoms. The Labute approximate surface area is 132 Å². The number of ether oxygens (including phenoxy) is 1. The van der Waals surface area contributed by atoms with Crippen LogP contribution in [0, 0.1) is 0 Å². The number of rotatable bonds is 8. The van der Waals surface area contributed by atoms with Crippen molar-refractivity contribution in [2.75, 3.05) is 6.61 Å². The molecule has 2 aromatic rings. The first-order valence-corrected chi connectivity index (χ1v) is 7.56. The second-order valence-corrected chi connectivity index (χ2v) is 6.00. The summed E-state index contributed by atoms with van der Waals surface area (Å²) in [5, 5.41) is 12.5. The molecule has 1 aromatic heterocycles. The predicted octanol–water partition coefficient (Wildman–Crippen LogP) is 2.91. The highest BCUT2D eigenvalue weighted by Gasteiger charge is 2.15. The molecule has 0 saturated carbocycles. The highest BCUT2D eigenvalue weighted by atomic mass is 16.5. The number of hydrogen-bond donors (Lipinski definition) is 2. The summed E-state index contributed by atoms with van der Waals surface area (Å²) in [4.78, 5) is 3.99. The fraction of sp³-hybridized carbons (Fsp3) is 0.389. The minimum absolute atomic E-state index is 0.0642. The summed E-state index contributed by atoms with van der Waals surface area (Å²) < 4.78 is 5.75. The average Bonchev–Trinajstić information content (AvgIpc) is 2.53. The number of aliphatic hydroxyl groups excluding tert-OH is 1. The summed E-state index contributed by atoms with van der Waals surface area (Å²) in [5.74, 6) is 0.857. The molecule has 0 radical (unpaired) electrons. The summed E-state index contributed by atoms with van der Waals surface area (Å²) in [6.45, 7) is 5.70. The Hall–Kier alpha value is -1.91. The zero-order valence-electron chi connectivity index (χ0n) is 13.2. The van der Waals surface area contributed by atoms with Crippen LogP contribution in [0.5, 0.6) is 5.75 Å². The molecular weight excluding hydrogens is 276 g/mol. The number of aromatic nitrogens is 1. The topological polar surface area (TPSA) is 54.4 Å². The average molecular weight is 300 g/mol. The van der Waals surface area contributed by atoms with Crippen LogP contribution in [-0.2, 0) is 13.2 Å². The van der Waals surface area contributed by atoms with E-state index in [0.29, 0.717) is 6.61 Å². The van der Waals surface area contributed by atoms with Crippen LogP contribution < -0.4 is 10.1 Å². The predicted molar refractivity (Wildman–Crippen MR) is 87.6 cm³/mol. The minimum Gasteiger partial charge on any atom is -0.489 e. The quantitative estimate of drug-likeness (QED) is 0.787. The van der Waals surface area contributed by atoms with Gasteiger partial charge in [-0.3, -0.25) is 4.98 Å². The first-order valence-electron chi connectivity index (χ1n) is 7.56. The second kappa shape index (κ2) is 7.92. The van der Waals surface area contributed by atoms with E-state index in [1.54, 1.807) is 12.4 Å². The summed E-state index contributed by atoms with van der Waals surface area (Å²) in [6.07, 6.45) is 4.27. The van der Waals surface area contributed by atoms with Gasteiger partial charge in [-0.25, -0.2) is 0 Å². The molecule has 1 heterocycles. The lowest BCUT2D eigenvalue weighted by atomic mass is 10.0. The summed E-state index contributed by atoms with van der Waals surface area (Å²) in [6, 6.07) is 12.0. The highest BCUT2D eigenvalue weighted by Crippen LogP contribution is 2.15. The first-order chi connectivity index (χ1) is 10.6. The Morgan fingerprint density at radius 3 is 2.36 bits per heavy atom. The molecule has 0 aliphatic rings. The van der Waals surface area contributed by atoms with Gasteiger partial charge in [-0.05, 0) is 55.7 Å². The summed E-state index contributed by atoms with van der Waals surface area (Å²) in [7, 11) is 0. The van der Waals surface area contributed by atoms with Crippen molar-refractivity contribution in [1.82, 2.24) is 10.3 Å². The van der Waals surface area contributed by atoms with Crippen molar-refractivity contribution in [3.05, 3.63) is 59.9 Å². The van der Waals surface area contributed by atoms with Crippen molar-refractivity contribution < 1.29 is 9.84 Å². The van der Waals surface area contributed by atoms with E-state index in [0.717, 1.165) is 24.3 Å². The van der Waals surface area contributed by atoms with Gasteiger partial charge in [0.1, 0.15) is 12.4 Å². The van der Waals surface area contributed by atoms with Crippen LogP contribution in [0.4, 0.5) is 0 Å². The van der Waals surface area contributed by atoms with E-state index >= 15 is 0 Å². The van der Waals surface area contributed by atoms with E-state index in [-0.39, 0.29) is 12.1 Å². The van der Waals surface area contributed by atoms with Gasteiger partial charge in [0.05, 0.1) is 0 Å². The molecule has 2 N–H and O–H groups in total. The summed E-state index contributed by atoms with van der Waals surface area (Å²) in [5.41, 5.74) is 2.24. The Balaban J connectivity index is 1.82. The lowest BCUT2D eigenvalue weighted by Crippen LogP contribution is -2.39. The zero-order chi connectivity index (χ0) is 15.8. The molecular formula is C18H24N2O2. The lowest BCUT2D eigenvalue weighted by Gasteiger charge is -2.25. The normalized spacial score (nSPS) is 11.4. The van der Waals surface area contributed by atoms with Gasteiger partial charge in [0.15, 0.2) is 0 Å². The third-order valence-electron chi connectivity index (χ3n) is 3.59. The number of nitrogens with one attached hydrogen (secondary N) is 1. The standard InChI is InChI=1S/C18H24N2O2/c1-18(2,9-12-21)20-13-15-3-5-17(6-4-15)22-14-16-7-10-19-11-8-16/h3-8,10-11,20-21H,9,12-14H2,1-2H3. The van der Waals surface area contributed by atoms with Crippen molar-refractivity contribution in [3.63, 3.8) is 0 Å². The fourth-order valence-corrected chi connectivity index (χ4v) is 2.06. The monoisotopic (exact) mass is 300 g/mol. The van der Waals surface area contributed by atoms with Crippen molar-refractivity contribution in [2.45, 2.75) is 39.0 Å². The minimum atomic E-state index is -0.0642. The third kappa shape index (κ3) is 5.47. The molecule has 2 rings (SSSR count). The van der Waals surface area contributed by atoms with E-state index in [9.17, 15) is 0 Å². The van der Waals surface area contributed by atoms with Crippen LogP contribution in [0.3, 0.4) is 0 Å². The molecule has 118 valence electrons. The third-order valence-corrected chi connectivity index (χ3v) is 3.59. The van der Waals surface area contributed by atoms with E-state index in [1.807, 2.05) is 24.3 Å². The number of aliphatic hydroxyl groups is 1. The van der Waals surface area contributed by atoms with Gasteiger partial charge in [0.25, 0.3) is 0 Å². The van der Waals surface area contributed by atoms with E-state index in [1.165, 1.54) is 5.56 Å². The molecule has 0 saturated heterocycles. The zero-order valence-corrected chi connectivity index (χ0v) is 13.2. The molecule has 1 aromatic carbocycles. The molecule has 0 spiro atoms. The van der Waals surface area contributed by atoms with Gasteiger partial charge in [-0.15, -0.1) is 0 Å². The van der Waals surface area contributed by atoms with Crippen LogP contribution in [0.2, 0.25) is 0 Å². The van der Waals surface area contributed by atoms with Crippen molar-refractivity contribution in [1.29, 1.82) is 0 Å². The maximum absolute atomic E-state index is 9.03.